The van der Waals surface area contributed by atoms with E-state index < -0.39 is 0 Å². The molecule has 3 rings (SSSR count). The third-order valence-corrected chi connectivity index (χ3v) is 3.24. The number of benzene rings is 2. The fraction of sp³-hybridized carbons (Fsp3) is 0.0667. The molecule has 0 spiro atoms. The lowest BCUT2D eigenvalue weighted by Gasteiger charge is -2.06. The zero-order valence-corrected chi connectivity index (χ0v) is 10.4. The van der Waals surface area contributed by atoms with E-state index in [2.05, 4.69) is 0 Å². The molecule has 19 heavy (non-hydrogen) atoms. The van der Waals surface area contributed by atoms with E-state index in [1.165, 1.54) is 0 Å². The van der Waals surface area contributed by atoms with Crippen molar-refractivity contribution in [3.63, 3.8) is 0 Å². The van der Waals surface area contributed by atoms with Gasteiger partial charge in [0.1, 0.15) is 5.69 Å². The lowest BCUT2D eigenvalue weighted by atomic mass is 10.1. The van der Waals surface area contributed by atoms with Crippen molar-refractivity contribution in [1.29, 1.82) is 0 Å². The summed E-state index contributed by atoms with van der Waals surface area (Å²) in [6.07, 6.45) is 0. The summed E-state index contributed by atoms with van der Waals surface area (Å²) in [4.78, 5) is 12.5. The Kier molecular flexibility index (Phi) is 2.56. The second-order valence-electron chi connectivity index (χ2n) is 4.39. The number of hydrogen-bond donors (Lipinski definition) is 1. The van der Waals surface area contributed by atoms with E-state index >= 15 is 0 Å². The molecule has 0 aliphatic rings. The van der Waals surface area contributed by atoms with Crippen molar-refractivity contribution in [3.05, 3.63) is 65.2 Å². The zero-order valence-electron chi connectivity index (χ0n) is 10.4. The Bertz CT molecular complexity index is 807. The molecule has 1 N–H and O–H groups in total. The van der Waals surface area contributed by atoms with Crippen LogP contribution in [0.25, 0.3) is 22.3 Å². The van der Waals surface area contributed by atoms with Crippen molar-refractivity contribution >= 4 is 11.0 Å². The molecule has 4 heteroatoms. The van der Waals surface area contributed by atoms with Crippen LogP contribution in [0.15, 0.2) is 54.6 Å². The first-order chi connectivity index (χ1) is 9.20. The van der Waals surface area contributed by atoms with Crippen molar-refractivity contribution in [2.75, 3.05) is 0 Å². The highest BCUT2D eigenvalue weighted by atomic mass is 16.5. The Labute approximate surface area is 109 Å². The van der Waals surface area contributed by atoms with Gasteiger partial charge in [0.25, 0.3) is 11.2 Å². The molecular weight excluding hydrogens is 240 g/mol. The summed E-state index contributed by atoms with van der Waals surface area (Å²) < 4.78 is 1.93. The first-order valence-electron chi connectivity index (χ1n) is 6.02. The third kappa shape index (κ3) is 1.69. The quantitative estimate of drug-likeness (QED) is 0.535. The van der Waals surface area contributed by atoms with Crippen LogP contribution < -0.4 is 4.43 Å². The lowest BCUT2D eigenvalue weighted by Crippen LogP contribution is -2.24. The number of fused-ring (bicyclic) bond motifs is 1. The predicted molar refractivity (Wildman–Crippen MR) is 72.7 cm³/mol. The minimum absolute atomic E-state index is 0.439. The summed E-state index contributed by atoms with van der Waals surface area (Å²) in [5.74, 6) is 0. The molecule has 0 amide bonds. The van der Waals surface area contributed by atoms with Gasteiger partial charge in [-0.15, -0.1) is 0 Å². The van der Waals surface area contributed by atoms with Crippen LogP contribution in [0.2, 0.25) is 0 Å². The van der Waals surface area contributed by atoms with Crippen LogP contribution >= 0.6 is 0 Å². The highest BCUT2D eigenvalue weighted by Crippen LogP contribution is 2.21. The highest BCUT2D eigenvalue weighted by molar-refractivity contribution is 5.74. The van der Waals surface area contributed by atoms with Crippen LogP contribution in [0.5, 0.6) is 0 Å². The van der Waals surface area contributed by atoms with Crippen LogP contribution in [0.3, 0.4) is 0 Å². The van der Waals surface area contributed by atoms with Crippen molar-refractivity contribution in [3.8, 4) is 11.3 Å². The second kappa shape index (κ2) is 4.24. The summed E-state index contributed by atoms with van der Waals surface area (Å²) in [6.45, 7) is 1.73. The van der Waals surface area contributed by atoms with Gasteiger partial charge in [-0.05, 0) is 25.1 Å². The zero-order chi connectivity index (χ0) is 13.4. The maximum absolute atomic E-state index is 12.5. The van der Waals surface area contributed by atoms with E-state index in [0.29, 0.717) is 22.4 Å². The van der Waals surface area contributed by atoms with E-state index in [4.69, 9.17) is 0 Å². The van der Waals surface area contributed by atoms with Gasteiger partial charge in [-0.2, -0.15) is 4.73 Å². The monoisotopic (exact) mass is 253 g/mol. The standard InChI is InChI=1S/C15H13N2O2/c1-11-15(12-7-3-2-4-8-12)17(19)14-10-6-5-9-13(14)16(11)18/h2-10,18H,1H3/q+1. The Hall–Kier alpha value is -2.62. The maximum atomic E-state index is 12.5. The molecule has 2 aromatic carbocycles. The minimum Gasteiger partial charge on any atom is -0.428 e. The van der Waals surface area contributed by atoms with Crippen LogP contribution in [-0.4, -0.2) is 9.94 Å². The Morgan fingerprint density at radius 1 is 1.00 bits per heavy atom. The van der Waals surface area contributed by atoms with Gasteiger partial charge in [0.05, 0.1) is 9.99 Å². The first-order valence-corrected chi connectivity index (χ1v) is 6.02. The lowest BCUT2D eigenvalue weighted by molar-refractivity contribution is -0.452. The molecule has 0 saturated heterocycles. The molecule has 1 aromatic heterocycles. The average Bonchev–Trinajstić information content (AvgIpc) is 2.46. The summed E-state index contributed by atoms with van der Waals surface area (Å²) in [6, 6.07) is 16.3. The summed E-state index contributed by atoms with van der Waals surface area (Å²) >= 11 is 0. The second-order valence-corrected chi connectivity index (χ2v) is 4.39. The number of para-hydroxylation sites is 2. The Morgan fingerprint density at radius 3 is 2.37 bits per heavy atom. The van der Waals surface area contributed by atoms with Crippen molar-refractivity contribution in [1.82, 2.24) is 4.73 Å². The molecule has 0 radical (unpaired) electrons. The molecular formula is C15H13N2O2+. The predicted octanol–water partition coefficient (Wildman–Crippen LogP) is 2.77. The smallest absolute Gasteiger partial charge is 0.293 e. The van der Waals surface area contributed by atoms with E-state index in [9.17, 15) is 10.1 Å². The molecule has 0 unspecified atom stereocenters. The van der Waals surface area contributed by atoms with Gasteiger partial charge in [-0.1, -0.05) is 30.3 Å². The summed E-state index contributed by atoms with van der Waals surface area (Å²) in [5, 5.41) is 10.2. The van der Waals surface area contributed by atoms with E-state index in [0.717, 1.165) is 14.7 Å². The molecule has 94 valence electrons. The van der Waals surface area contributed by atoms with Crippen LogP contribution in [0, 0.1) is 11.8 Å². The van der Waals surface area contributed by atoms with Gasteiger partial charge in [0, 0.05) is 11.0 Å². The highest BCUT2D eigenvalue weighted by Gasteiger charge is 2.23. The minimum atomic E-state index is 0.439. The van der Waals surface area contributed by atoms with Gasteiger partial charge in [-0.3, -0.25) is 0 Å². The maximum Gasteiger partial charge on any atom is 0.293 e. The molecule has 0 fully saturated rings. The fourth-order valence-electron chi connectivity index (χ4n) is 2.29. The fourth-order valence-corrected chi connectivity index (χ4v) is 2.29. The van der Waals surface area contributed by atoms with E-state index in [1.807, 2.05) is 30.3 Å². The first kappa shape index (κ1) is 11.5. The van der Waals surface area contributed by atoms with Crippen molar-refractivity contribution in [2.45, 2.75) is 6.92 Å². The Balaban J connectivity index is 2.48. The molecule has 1 heterocycles. The van der Waals surface area contributed by atoms with Gasteiger partial charge < -0.3 is 5.21 Å². The third-order valence-electron chi connectivity index (χ3n) is 3.24. The van der Waals surface area contributed by atoms with E-state index in [1.54, 1.807) is 31.2 Å². The van der Waals surface area contributed by atoms with Gasteiger partial charge >= 0.3 is 0 Å². The van der Waals surface area contributed by atoms with Gasteiger partial charge in [-0.25, -0.2) is 0 Å². The topological polar surface area (TPSA) is 48.1 Å². The molecule has 0 atom stereocenters. The molecule has 0 aliphatic heterocycles. The number of hydrogen-bond acceptors (Lipinski definition) is 2. The molecule has 0 aliphatic carbocycles. The largest absolute Gasteiger partial charge is 0.428 e. The van der Waals surface area contributed by atoms with Crippen LogP contribution in [-0.2, 0) is 0 Å². The molecule has 4 nitrogen and oxygen atoms in total. The normalized spacial score (nSPS) is 10.8. The van der Waals surface area contributed by atoms with Crippen LogP contribution in [0.1, 0.15) is 5.69 Å². The number of nitrogens with zero attached hydrogens (tertiary/aromatic N) is 2. The summed E-state index contributed by atoms with van der Waals surface area (Å²) in [7, 11) is 0. The van der Waals surface area contributed by atoms with Gasteiger partial charge in [0.2, 0.25) is 0 Å². The van der Waals surface area contributed by atoms with Gasteiger partial charge in [0.15, 0.2) is 5.52 Å². The summed E-state index contributed by atoms with van der Waals surface area (Å²) in [5.41, 5.74) is 2.69. The number of aromatic nitrogens is 2. The average molecular weight is 253 g/mol. The number of rotatable bonds is 1. The van der Waals surface area contributed by atoms with Crippen LogP contribution in [0.4, 0.5) is 0 Å². The SMILES string of the molecule is Cc1c(-c2ccccc2)[n+](=O)c2ccccc2n1O. The van der Waals surface area contributed by atoms with Crippen molar-refractivity contribution < 1.29 is 9.63 Å². The molecule has 0 bridgehead atoms. The van der Waals surface area contributed by atoms with E-state index in [-0.39, 0.29) is 0 Å². The Morgan fingerprint density at radius 2 is 1.63 bits per heavy atom. The molecule has 0 saturated carbocycles. The molecule has 3 aromatic rings. The van der Waals surface area contributed by atoms with Crippen molar-refractivity contribution in [2.24, 2.45) is 0 Å².